The molecule has 0 aliphatic heterocycles. The number of rotatable bonds is 2. The first-order valence-corrected chi connectivity index (χ1v) is 4.76. The van der Waals surface area contributed by atoms with Crippen LogP contribution >= 0.6 is 0 Å². The van der Waals surface area contributed by atoms with E-state index in [1.54, 1.807) is 18.2 Å². The maximum Gasteiger partial charge on any atom is 0.489 e. The third-order valence-electron chi connectivity index (χ3n) is 2.47. The Morgan fingerprint density at radius 3 is 2.44 bits per heavy atom. The number of hydrogen-bond donors (Lipinski definition) is 2. The van der Waals surface area contributed by atoms with Gasteiger partial charge >= 0.3 is 7.12 Å². The first-order chi connectivity index (χ1) is 7.59. The maximum atomic E-state index is 12.5. The van der Waals surface area contributed by atoms with Crippen molar-refractivity contribution in [1.82, 2.24) is 0 Å². The van der Waals surface area contributed by atoms with E-state index in [4.69, 9.17) is 10.0 Å². The van der Waals surface area contributed by atoms with E-state index < -0.39 is 13.5 Å². The van der Waals surface area contributed by atoms with Crippen LogP contribution in [0.1, 0.15) is 12.0 Å². The standard InChI is InChI=1S/C11H9BF2O2/c13-11(14)8-5-4-7-2-1-3-10(12(15)16)9(7)6-8/h1-6,11,15-16H. The van der Waals surface area contributed by atoms with Gasteiger partial charge in [0.05, 0.1) is 0 Å². The summed E-state index contributed by atoms with van der Waals surface area (Å²) in [6.45, 7) is 0. The summed E-state index contributed by atoms with van der Waals surface area (Å²) in [4.78, 5) is 0. The molecule has 0 saturated carbocycles. The van der Waals surface area contributed by atoms with Crippen molar-refractivity contribution in [1.29, 1.82) is 0 Å². The van der Waals surface area contributed by atoms with Gasteiger partial charge < -0.3 is 10.0 Å². The maximum absolute atomic E-state index is 12.5. The van der Waals surface area contributed by atoms with Crippen molar-refractivity contribution < 1.29 is 18.8 Å². The van der Waals surface area contributed by atoms with E-state index in [0.717, 1.165) is 0 Å². The van der Waals surface area contributed by atoms with E-state index in [0.29, 0.717) is 10.8 Å². The van der Waals surface area contributed by atoms with Crippen LogP contribution in [-0.2, 0) is 0 Å². The molecule has 0 saturated heterocycles. The molecule has 2 N–H and O–H groups in total. The van der Waals surface area contributed by atoms with Crippen LogP contribution in [0, 0.1) is 0 Å². The molecule has 0 unspecified atom stereocenters. The summed E-state index contributed by atoms with van der Waals surface area (Å²) in [6, 6.07) is 9.05. The topological polar surface area (TPSA) is 40.5 Å². The molecule has 0 aliphatic carbocycles. The van der Waals surface area contributed by atoms with E-state index in [-0.39, 0.29) is 11.0 Å². The second-order valence-corrected chi connectivity index (χ2v) is 3.50. The summed E-state index contributed by atoms with van der Waals surface area (Å²) >= 11 is 0. The number of hydrogen-bond acceptors (Lipinski definition) is 2. The second-order valence-electron chi connectivity index (χ2n) is 3.50. The second kappa shape index (κ2) is 4.19. The first kappa shape index (κ1) is 11.0. The molecule has 82 valence electrons. The number of benzene rings is 2. The molecule has 0 radical (unpaired) electrons. The van der Waals surface area contributed by atoms with E-state index in [9.17, 15) is 8.78 Å². The third kappa shape index (κ3) is 1.92. The Balaban J connectivity index is 2.68. The average molecular weight is 222 g/mol. The van der Waals surface area contributed by atoms with Crippen molar-refractivity contribution in [3.8, 4) is 0 Å². The lowest BCUT2D eigenvalue weighted by molar-refractivity contribution is 0.151. The van der Waals surface area contributed by atoms with Gasteiger partial charge in [-0.2, -0.15) is 0 Å². The highest BCUT2D eigenvalue weighted by atomic mass is 19.3. The highest BCUT2D eigenvalue weighted by molar-refractivity contribution is 6.61. The van der Waals surface area contributed by atoms with Crippen LogP contribution in [0.4, 0.5) is 8.78 Å². The molecule has 0 aromatic heterocycles. The summed E-state index contributed by atoms with van der Waals surface area (Å²) in [5.74, 6) is 0. The van der Waals surface area contributed by atoms with Gasteiger partial charge in [0, 0.05) is 5.56 Å². The minimum Gasteiger partial charge on any atom is -0.423 e. The lowest BCUT2D eigenvalue weighted by Crippen LogP contribution is -2.30. The summed E-state index contributed by atoms with van der Waals surface area (Å²) in [5.41, 5.74) is 0.112. The lowest BCUT2D eigenvalue weighted by Gasteiger charge is -2.07. The number of halogens is 2. The summed E-state index contributed by atoms with van der Waals surface area (Å²) in [7, 11) is -1.66. The molecule has 5 heteroatoms. The molecule has 2 rings (SSSR count). The van der Waals surface area contributed by atoms with Crippen molar-refractivity contribution in [2.24, 2.45) is 0 Å². The highest BCUT2D eigenvalue weighted by Crippen LogP contribution is 2.22. The minimum atomic E-state index is -2.56. The first-order valence-electron chi connectivity index (χ1n) is 4.76. The monoisotopic (exact) mass is 222 g/mol. The minimum absolute atomic E-state index is 0.124. The van der Waals surface area contributed by atoms with Crippen LogP contribution in [0.2, 0.25) is 0 Å². The molecular weight excluding hydrogens is 213 g/mol. The van der Waals surface area contributed by atoms with Gasteiger partial charge in [0.1, 0.15) is 0 Å². The van der Waals surface area contributed by atoms with Gasteiger partial charge in [-0.1, -0.05) is 30.3 Å². The zero-order valence-electron chi connectivity index (χ0n) is 8.27. The Morgan fingerprint density at radius 2 is 1.81 bits per heavy atom. The van der Waals surface area contributed by atoms with Crippen molar-refractivity contribution in [2.75, 3.05) is 0 Å². The van der Waals surface area contributed by atoms with Crippen LogP contribution in [0.15, 0.2) is 36.4 Å². The van der Waals surface area contributed by atoms with Crippen molar-refractivity contribution in [2.45, 2.75) is 6.43 Å². The number of alkyl halides is 2. The van der Waals surface area contributed by atoms with E-state index in [1.807, 2.05) is 0 Å². The molecule has 0 heterocycles. The van der Waals surface area contributed by atoms with E-state index >= 15 is 0 Å². The molecule has 2 nitrogen and oxygen atoms in total. The van der Waals surface area contributed by atoms with Gasteiger partial charge in [0.15, 0.2) is 0 Å². The van der Waals surface area contributed by atoms with E-state index in [2.05, 4.69) is 0 Å². The molecule has 0 amide bonds. The normalized spacial score (nSPS) is 11.1. The van der Waals surface area contributed by atoms with Gasteiger partial charge in [0.2, 0.25) is 0 Å². The quantitative estimate of drug-likeness (QED) is 0.755. The molecule has 16 heavy (non-hydrogen) atoms. The predicted octanol–water partition coefficient (Wildman–Crippen LogP) is 1.46. The third-order valence-corrected chi connectivity index (χ3v) is 2.47. The average Bonchev–Trinajstić information content (AvgIpc) is 2.27. The molecule has 0 fully saturated rings. The Morgan fingerprint density at radius 1 is 1.06 bits per heavy atom. The smallest absolute Gasteiger partial charge is 0.423 e. The summed E-state index contributed by atoms with van der Waals surface area (Å²) in [5, 5.41) is 19.4. The molecule has 0 spiro atoms. The zero-order valence-corrected chi connectivity index (χ0v) is 8.27. The molecule has 2 aromatic carbocycles. The van der Waals surface area contributed by atoms with Crippen LogP contribution in [-0.4, -0.2) is 17.2 Å². The Bertz CT molecular complexity index is 514. The highest BCUT2D eigenvalue weighted by Gasteiger charge is 2.16. The predicted molar refractivity (Wildman–Crippen MR) is 58.7 cm³/mol. The van der Waals surface area contributed by atoms with Crippen LogP contribution in [0.5, 0.6) is 0 Å². The fourth-order valence-electron chi connectivity index (χ4n) is 1.68. The van der Waals surface area contributed by atoms with Crippen molar-refractivity contribution in [3.63, 3.8) is 0 Å². The van der Waals surface area contributed by atoms with Crippen molar-refractivity contribution in [3.05, 3.63) is 42.0 Å². The lowest BCUT2D eigenvalue weighted by atomic mass is 9.77. The van der Waals surface area contributed by atoms with Gasteiger partial charge in [0.25, 0.3) is 6.43 Å². The molecule has 0 atom stereocenters. The van der Waals surface area contributed by atoms with Crippen LogP contribution in [0.3, 0.4) is 0 Å². The SMILES string of the molecule is OB(O)c1cccc2ccc(C(F)F)cc12. The van der Waals surface area contributed by atoms with Gasteiger partial charge in [-0.15, -0.1) is 0 Å². The van der Waals surface area contributed by atoms with Gasteiger partial charge in [-0.05, 0) is 22.3 Å². The summed E-state index contributed by atoms with van der Waals surface area (Å²) in [6.07, 6.45) is -2.56. The van der Waals surface area contributed by atoms with Crippen LogP contribution < -0.4 is 5.46 Å². The Labute approximate surface area is 91.3 Å². The van der Waals surface area contributed by atoms with Gasteiger partial charge in [-0.3, -0.25) is 0 Å². The Kier molecular flexibility index (Phi) is 2.89. The fourth-order valence-corrected chi connectivity index (χ4v) is 1.68. The van der Waals surface area contributed by atoms with Gasteiger partial charge in [-0.25, -0.2) is 8.78 Å². The number of fused-ring (bicyclic) bond motifs is 1. The Hall–Kier alpha value is -1.46. The molecular formula is C11H9BF2O2. The molecule has 0 bridgehead atoms. The van der Waals surface area contributed by atoms with E-state index in [1.165, 1.54) is 18.2 Å². The largest absolute Gasteiger partial charge is 0.489 e. The molecule has 0 aliphatic rings. The summed E-state index contributed by atoms with van der Waals surface area (Å²) < 4.78 is 25.0. The zero-order chi connectivity index (χ0) is 11.7. The fraction of sp³-hybridized carbons (Fsp3) is 0.0909. The molecule has 2 aromatic rings. The van der Waals surface area contributed by atoms with Crippen LogP contribution in [0.25, 0.3) is 10.8 Å². The van der Waals surface area contributed by atoms with Crippen molar-refractivity contribution >= 4 is 23.4 Å².